The van der Waals surface area contributed by atoms with Crippen LogP contribution in [-0.2, 0) is 0 Å². The van der Waals surface area contributed by atoms with Crippen LogP contribution >= 0.6 is 0 Å². The van der Waals surface area contributed by atoms with Crippen molar-refractivity contribution in [1.29, 1.82) is 5.41 Å². The first-order valence-corrected chi connectivity index (χ1v) is 4.04. The SMILES string of the molecule is C=C/C=C\C(=N)c1cc(C)ccn1. The molecule has 1 rings (SSSR count). The minimum Gasteiger partial charge on any atom is -0.299 e. The van der Waals surface area contributed by atoms with Crippen LogP contribution in [0.25, 0.3) is 0 Å². The second kappa shape index (κ2) is 4.36. The maximum absolute atomic E-state index is 7.63. The number of aryl methyl sites for hydroxylation is 1. The molecule has 0 saturated heterocycles. The van der Waals surface area contributed by atoms with Crippen LogP contribution in [0.4, 0.5) is 0 Å². The van der Waals surface area contributed by atoms with Gasteiger partial charge in [0.1, 0.15) is 0 Å². The van der Waals surface area contributed by atoms with E-state index >= 15 is 0 Å². The number of rotatable bonds is 3. The van der Waals surface area contributed by atoms with Crippen LogP contribution in [0.1, 0.15) is 11.3 Å². The summed E-state index contributed by atoms with van der Waals surface area (Å²) >= 11 is 0. The molecule has 0 bridgehead atoms. The molecule has 0 fully saturated rings. The van der Waals surface area contributed by atoms with Gasteiger partial charge in [0.05, 0.1) is 11.4 Å². The number of nitrogens with one attached hydrogen (secondary N) is 1. The molecule has 0 aliphatic rings. The Bertz CT molecular complexity index is 351. The molecular weight excluding hydrogens is 160 g/mol. The lowest BCUT2D eigenvalue weighted by atomic mass is 10.2. The molecule has 0 spiro atoms. The Balaban J connectivity index is 2.89. The maximum Gasteiger partial charge on any atom is 0.0881 e. The van der Waals surface area contributed by atoms with E-state index < -0.39 is 0 Å². The van der Waals surface area contributed by atoms with Gasteiger partial charge in [-0.3, -0.25) is 10.4 Å². The molecule has 0 unspecified atom stereocenters. The first-order valence-electron chi connectivity index (χ1n) is 4.04. The number of nitrogens with zero attached hydrogens (tertiary/aromatic N) is 1. The molecule has 1 heterocycles. The maximum atomic E-state index is 7.63. The fraction of sp³-hybridized carbons (Fsp3) is 0.0909. The van der Waals surface area contributed by atoms with Crippen LogP contribution in [0.15, 0.2) is 43.1 Å². The van der Waals surface area contributed by atoms with Crippen molar-refractivity contribution >= 4 is 5.71 Å². The predicted molar refractivity (Wildman–Crippen MR) is 55.1 cm³/mol. The molecule has 0 amide bonds. The van der Waals surface area contributed by atoms with E-state index in [1.165, 1.54) is 0 Å². The topological polar surface area (TPSA) is 36.7 Å². The third-order valence-electron chi connectivity index (χ3n) is 1.59. The average molecular weight is 172 g/mol. The van der Waals surface area contributed by atoms with Gasteiger partial charge in [-0.05, 0) is 30.7 Å². The van der Waals surface area contributed by atoms with Crippen molar-refractivity contribution in [2.75, 3.05) is 0 Å². The Morgan fingerprint density at radius 3 is 3.00 bits per heavy atom. The van der Waals surface area contributed by atoms with E-state index in [2.05, 4.69) is 11.6 Å². The van der Waals surface area contributed by atoms with E-state index in [1.54, 1.807) is 24.4 Å². The summed E-state index contributed by atoms with van der Waals surface area (Å²) in [6, 6.07) is 3.80. The minimum absolute atomic E-state index is 0.406. The number of allylic oxidation sites excluding steroid dienone is 3. The van der Waals surface area contributed by atoms with Crippen molar-refractivity contribution < 1.29 is 0 Å². The second-order valence-electron chi connectivity index (χ2n) is 2.73. The van der Waals surface area contributed by atoms with Crippen molar-refractivity contribution in [3.63, 3.8) is 0 Å². The highest BCUT2D eigenvalue weighted by molar-refractivity contribution is 6.05. The summed E-state index contributed by atoms with van der Waals surface area (Å²) in [5.74, 6) is 0. The van der Waals surface area contributed by atoms with Crippen LogP contribution < -0.4 is 0 Å². The van der Waals surface area contributed by atoms with Gasteiger partial charge >= 0.3 is 0 Å². The fourth-order valence-corrected chi connectivity index (χ4v) is 0.933. The lowest BCUT2D eigenvalue weighted by Crippen LogP contribution is -1.97. The molecule has 2 nitrogen and oxygen atoms in total. The molecule has 1 aromatic heterocycles. The van der Waals surface area contributed by atoms with Crippen molar-refractivity contribution in [2.24, 2.45) is 0 Å². The van der Waals surface area contributed by atoms with Crippen LogP contribution in [0.5, 0.6) is 0 Å². The molecule has 0 saturated carbocycles. The summed E-state index contributed by atoms with van der Waals surface area (Å²) in [6.45, 7) is 5.52. The first-order chi connectivity index (χ1) is 6.24. The van der Waals surface area contributed by atoms with Gasteiger partial charge in [0, 0.05) is 6.20 Å². The van der Waals surface area contributed by atoms with Gasteiger partial charge in [-0.1, -0.05) is 18.7 Å². The standard InChI is InChI=1S/C11H12N2/c1-3-4-5-10(12)11-8-9(2)6-7-13-11/h3-8,12H,1H2,2H3/b5-4-,12-10?. The minimum atomic E-state index is 0.406. The van der Waals surface area contributed by atoms with Gasteiger partial charge in [0.15, 0.2) is 0 Å². The zero-order valence-corrected chi connectivity index (χ0v) is 7.62. The van der Waals surface area contributed by atoms with Gasteiger partial charge in [-0.25, -0.2) is 0 Å². The summed E-state index contributed by atoms with van der Waals surface area (Å²) in [4.78, 5) is 4.08. The van der Waals surface area contributed by atoms with E-state index in [9.17, 15) is 0 Å². The molecule has 0 aromatic carbocycles. The summed E-state index contributed by atoms with van der Waals surface area (Å²) in [5, 5.41) is 7.63. The highest BCUT2D eigenvalue weighted by atomic mass is 14.7. The second-order valence-corrected chi connectivity index (χ2v) is 2.73. The number of pyridine rings is 1. The molecule has 1 N–H and O–H groups in total. The summed E-state index contributed by atoms with van der Waals surface area (Å²) in [7, 11) is 0. The molecule has 0 aliphatic heterocycles. The zero-order chi connectivity index (χ0) is 9.68. The lowest BCUT2D eigenvalue weighted by Gasteiger charge is -1.97. The Hall–Kier alpha value is -1.70. The van der Waals surface area contributed by atoms with E-state index in [4.69, 9.17) is 5.41 Å². The third-order valence-corrected chi connectivity index (χ3v) is 1.59. The van der Waals surface area contributed by atoms with Crippen molar-refractivity contribution in [2.45, 2.75) is 6.92 Å². The van der Waals surface area contributed by atoms with Crippen molar-refractivity contribution in [3.8, 4) is 0 Å². The third kappa shape index (κ3) is 2.67. The zero-order valence-electron chi connectivity index (χ0n) is 7.62. The Kier molecular flexibility index (Phi) is 3.15. The van der Waals surface area contributed by atoms with Gasteiger partial charge in [-0.15, -0.1) is 0 Å². The highest BCUT2D eigenvalue weighted by Gasteiger charge is 1.97. The normalized spacial score (nSPS) is 10.2. The fourth-order valence-electron chi connectivity index (χ4n) is 0.933. The van der Waals surface area contributed by atoms with E-state index in [0.29, 0.717) is 11.4 Å². The Morgan fingerprint density at radius 1 is 1.62 bits per heavy atom. The van der Waals surface area contributed by atoms with Gasteiger partial charge in [0.2, 0.25) is 0 Å². The summed E-state index contributed by atoms with van der Waals surface area (Å²) in [5.41, 5.74) is 2.21. The van der Waals surface area contributed by atoms with Gasteiger partial charge < -0.3 is 0 Å². The van der Waals surface area contributed by atoms with Gasteiger partial charge in [0.25, 0.3) is 0 Å². The summed E-state index contributed by atoms with van der Waals surface area (Å²) < 4.78 is 0. The molecule has 13 heavy (non-hydrogen) atoms. The lowest BCUT2D eigenvalue weighted by molar-refractivity contribution is 1.24. The smallest absolute Gasteiger partial charge is 0.0881 e. The van der Waals surface area contributed by atoms with Crippen molar-refractivity contribution in [1.82, 2.24) is 4.98 Å². The molecule has 66 valence electrons. The highest BCUT2D eigenvalue weighted by Crippen LogP contribution is 2.01. The van der Waals surface area contributed by atoms with Crippen LogP contribution in [-0.4, -0.2) is 10.7 Å². The first kappa shape index (κ1) is 9.39. The predicted octanol–water partition coefficient (Wildman–Crippen LogP) is 2.50. The molecule has 0 aliphatic carbocycles. The van der Waals surface area contributed by atoms with E-state index in [1.807, 2.05) is 19.1 Å². The van der Waals surface area contributed by atoms with Gasteiger partial charge in [-0.2, -0.15) is 0 Å². The quantitative estimate of drug-likeness (QED) is 0.552. The monoisotopic (exact) mass is 172 g/mol. The van der Waals surface area contributed by atoms with Crippen LogP contribution in [0, 0.1) is 12.3 Å². The average Bonchev–Trinajstić information content (AvgIpc) is 2.14. The Morgan fingerprint density at radius 2 is 2.38 bits per heavy atom. The molecular formula is C11H12N2. The van der Waals surface area contributed by atoms with Crippen LogP contribution in [0.2, 0.25) is 0 Å². The van der Waals surface area contributed by atoms with Crippen LogP contribution in [0.3, 0.4) is 0 Å². The number of hydrogen-bond acceptors (Lipinski definition) is 2. The Labute approximate surface area is 78.1 Å². The molecule has 0 radical (unpaired) electrons. The van der Waals surface area contributed by atoms with E-state index in [0.717, 1.165) is 5.56 Å². The van der Waals surface area contributed by atoms with E-state index in [-0.39, 0.29) is 0 Å². The van der Waals surface area contributed by atoms with Crippen molar-refractivity contribution in [3.05, 3.63) is 54.4 Å². The largest absolute Gasteiger partial charge is 0.299 e. The number of hydrogen-bond donors (Lipinski definition) is 1. The summed E-state index contributed by atoms with van der Waals surface area (Å²) in [6.07, 6.45) is 6.76. The molecule has 1 aromatic rings. The molecule has 0 atom stereocenters. The molecule has 2 heteroatoms. The number of aromatic nitrogens is 1.